The van der Waals surface area contributed by atoms with Crippen LogP contribution in [0.5, 0.6) is 0 Å². The van der Waals surface area contributed by atoms with Gasteiger partial charge in [-0.15, -0.1) is 0 Å². The molecule has 0 aliphatic carbocycles. The van der Waals surface area contributed by atoms with Crippen molar-refractivity contribution in [3.05, 3.63) is 107 Å². The van der Waals surface area contributed by atoms with Crippen molar-refractivity contribution in [2.75, 3.05) is 13.1 Å². The third-order valence-electron chi connectivity index (χ3n) is 6.96. The van der Waals surface area contributed by atoms with Gasteiger partial charge in [0.15, 0.2) is 0 Å². The fourth-order valence-electron chi connectivity index (χ4n) is 5.04. The molecular weight excluding hydrogens is 394 g/mol. The van der Waals surface area contributed by atoms with Crippen molar-refractivity contribution in [1.82, 2.24) is 4.90 Å². The molecule has 4 rings (SSSR count). The molecule has 3 aromatic carbocycles. The number of rotatable bonds is 8. The van der Waals surface area contributed by atoms with Crippen molar-refractivity contribution in [2.45, 2.75) is 56.8 Å². The summed E-state index contributed by atoms with van der Waals surface area (Å²) in [4.78, 5) is 2.24. The van der Waals surface area contributed by atoms with Gasteiger partial charge in [0, 0.05) is 13.1 Å². The molecule has 168 valence electrons. The van der Waals surface area contributed by atoms with Crippen molar-refractivity contribution in [1.29, 1.82) is 0 Å². The van der Waals surface area contributed by atoms with E-state index in [4.69, 9.17) is 0 Å². The Morgan fingerprint density at radius 2 is 1.19 bits per heavy atom. The summed E-state index contributed by atoms with van der Waals surface area (Å²) >= 11 is 0. The van der Waals surface area contributed by atoms with Gasteiger partial charge < -0.3 is 10.2 Å². The molecule has 32 heavy (non-hydrogen) atoms. The minimum absolute atomic E-state index is 0.545. The van der Waals surface area contributed by atoms with E-state index >= 15 is 0 Å². The predicted molar refractivity (Wildman–Crippen MR) is 130 cm³/mol. The van der Waals surface area contributed by atoms with Gasteiger partial charge in [0.05, 0.1) is 0 Å². The van der Waals surface area contributed by atoms with Crippen LogP contribution in [0.1, 0.15) is 60.8 Å². The lowest BCUT2D eigenvalue weighted by atomic mass is 9.81. The zero-order valence-electron chi connectivity index (χ0n) is 19.1. The minimum atomic E-state index is -1.08. The summed E-state index contributed by atoms with van der Waals surface area (Å²) in [5, 5.41) is 23.9. The molecule has 3 aromatic rings. The van der Waals surface area contributed by atoms with Crippen LogP contribution in [0, 0.1) is 6.92 Å². The first kappa shape index (κ1) is 22.7. The van der Waals surface area contributed by atoms with Crippen LogP contribution >= 0.6 is 0 Å². The fourth-order valence-corrected chi connectivity index (χ4v) is 5.04. The van der Waals surface area contributed by atoms with Crippen LogP contribution in [0.4, 0.5) is 0 Å². The van der Waals surface area contributed by atoms with Gasteiger partial charge >= 0.3 is 0 Å². The highest BCUT2D eigenvalue weighted by Crippen LogP contribution is 2.39. The van der Waals surface area contributed by atoms with Crippen molar-refractivity contribution < 1.29 is 10.2 Å². The summed E-state index contributed by atoms with van der Waals surface area (Å²) in [6.07, 6.45) is 5.28. The van der Waals surface area contributed by atoms with Gasteiger partial charge in [0.25, 0.3) is 0 Å². The Bertz CT molecular complexity index is 926. The van der Waals surface area contributed by atoms with E-state index in [2.05, 4.69) is 36.1 Å². The Labute approximate surface area is 192 Å². The number of benzene rings is 3. The van der Waals surface area contributed by atoms with E-state index in [-0.39, 0.29) is 0 Å². The number of piperidine rings is 1. The summed E-state index contributed by atoms with van der Waals surface area (Å²) in [7, 11) is 0. The first-order valence-corrected chi connectivity index (χ1v) is 11.9. The van der Waals surface area contributed by atoms with Crippen molar-refractivity contribution in [3.8, 4) is 0 Å². The van der Waals surface area contributed by atoms with Crippen molar-refractivity contribution >= 4 is 0 Å². The standard InChI is InChI=1S/C29H35NO2/c1-24-16-18-27(19-17-24)29(32,30-22-9-4-10-23-30)21-11-20-28(31,25-12-5-2-6-13-25)26-14-7-3-8-15-26/h2-3,5-8,12-19,31-32H,4,9-11,20-23H2,1H3/t29-/m0/s1. The Balaban J connectivity index is 1.59. The van der Waals surface area contributed by atoms with Crippen LogP contribution in [0.15, 0.2) is 84.9 Å². The van der Waals surface area contributed by atoms with Gasteiger partial charge in [-0.2, -0.15) is 0 Å². The Morgan fingerprint density at radius 3 is 1.72 bits per heavy atom. The van der Waals surface area contributed by atoms with E-state index in [1.165, 1.54) is 12.0 Å². The van der Waals surface area contributed by atoms with Gasteiger partial charge in [0.1, 0.15) is 11.3 Å². The quantitative estimate of drug-likeness (QED) is 0.480. The maximum absolute atomic E-state index is 12.0. The number of likely N-dealkylation sites (tertiary alicyclic amines) is 1. The van der Waals surface area contributed by atoms with Crippen LogP contribution in [-0.2, 0) is 11.3 Å². The smallest absolute Gasteiger partial charge is 0.144 e. The average molecular weight is 430 g/mol. The minimum Gasteiger partial charge on any atom is -0.380 e. The highest BCUT2D eigenvalue weighted by Gasteiger charge is 2.38. The molecule has 0 bridgehead atoms. The molecule has 2 N–H and O–H groups in total. The van der Waals surface area contributed by atoms with Crippen molar-refractivity contribution in [3.63, 3.8) is 0 Å². The molecule has 1 fully saturated rings. The van der Waals surface area contributed by atoms with E-state index in [1.54, 1.807) is 0 Å². The molecule has 1 heterocycles. The fraction of sp³-hybridized carbons (Fsp3) is 0.379. The van der Waals surface area contributed by atoms with E-state index < -0.39 is 11.3 Å². The van der Waals surface area contributed by atoms with E-state index in [9.17, 15) is 10.2 Å². The van der Waals surface area contributed by atoms with E-state index in [0.717, 1.165) is 42.6 Å². The Morgan fingerprint density at radius 1 is 0.656 bits per heavy atom. The molecule has 0 spiro atoms. The average Bonchev–Trinajstić information content (AvgIpc) is 2.86. The van der Waals surface area contributed by atoms with Gasteiger partial charge in [-0.25, -0.2) is 0 Å². The molecule has 0 saturated carbocycles. The van der Waals surface area contributed by atoms with Crippen molar-refractivity contribution in [2.24, 2.45) is 0 Å². The monoisotopic (exact) mass is 429 g/mol. The van der Waals surface area contributed by atoms with Gasteiger partial charge in [0.2, 0.25) is 0 Å². The predicted octanol–water partition coefficient (Wildman–Crippen LogP) is 5.73. The molecule has 1 atom stereocenters. The lowest BCUT2D eigenvalue weighted by molar-refractivity contribution is -0.132. The molecular formula is C29H35NO2. The van der Waals surface area contributed by atoms with Crippen LogP contribution < -0.4 is 0 Å². The zero-order valence-corrected chi connectivity index (χ0v) is 19.1. The highest BCUT2D eigenvalue weighted by atomic mass is 16.3. The molecule has 1 saturated heterocycles. The molecule has 0 amide bonds. The highest BCUT2D eigenvalue weighted by molar-refractivity contribution is 5.36. The molecule has 3 heteroatoms. The summed E-state index contributed by atoms with van der Waals surface area (Å²) in [5.74, 6) is 0. The first-order chi connectivity index (χ1) is 15.5. The van der Waals surface area contributed by atoms with Crippen LogP contribution in [-0.4, -0.2) is 28.2 Å². The number of aliphatic hydroxyl groups is 2. The van der Waals surface area contributed by atoms with Gasteiger partial charge in [-0.05, 0) is 55.7 Å². The molecule has 3 nitrogen and oxygen atoms in total. The number of hydrogen-bond acceptors (Lipinski definition) is 3. The molecule has 1 aliphatic rings. The van der Waals surface area contributed by atoms with Crippen LogP contribution in [0.25, 0.3) is 0 Å². The summed E-state index contributed by atoms with van der Waals surface area (Å²) in [5.41, 5.74) is 1.83. The second-order valence-electron chi connectivity index (χ2n) is 9.18. The van der Waals surface area contributed by atoms with Crippen LogP contribution in [0.2, 0.25) is 0 Å². The zero-order chi connectivity index (χ0) is 22.4. The second kappa shape index (κ2) is 9.99. The maximum Gasteiger partial charge on any atom is 0.144 e. The van der Waals surface area contributed by atoms with Crippen LogP contribution in [0.3, 0.4) is 0 Å². The molecule has 0 radical (unpaired) electrons. The second-order valence-corrected chi connectivity index (χ2v) is 9.18. The number of aryl methyl sites for hydroxylation is 1. The first-order valence-electron chi connectivity index (χ1n) is 11.9. The third-order valence-corrected chi connectivity index (χ3v) is 6.96. The Hall–Kier alpha value is -2.46. The lowest BCUT2D eigenvalue weighted by Gasteiger charge is -2.43. The molecule has 1 aliphatic heterocycles. The topological polar surface area (TPSA) is 43.7 Å². The van der Waals surface area contributed by atoms with E-state index in [0.29, 0.717) is 19.3 Å². The lowest BCUT2D eigenvalue weighted by Crippen LogP contribution is -2.49. The normalized spacial score (nSPS) is 17.1. The van der Waals surface area contributed by atoms with Gasteiger partial charge in [-0.1, -0.05) is 96.9 Å². The summed E-state index contributed by atoms with van der Waals surface area (Å²) in [6, 6.07) is 28.1. The maximum atomic E-state index is 12.0. The SMILES string of the molecule is Cc1ccc([C@@](O)(CCCC(O)(c2ccccc2)c2ccccc2)N2CCCCC2)cc1. The van der Waals surface area contributed by atoms with E-state index in [1.807, 2.05) is 60.7 Å². The third kappa shape index (κ3) is 4.80. The van der Waals surface area contributed by atoms with Gasteiger partial charge in [-0.3, -0.25) is 4.90 Å². The number of hydrogen-bond donors (Lipinski definition) is 2. The molecule has 0 aromatic heterocycles. The summed E-state index contributed by atoms with van der Waals surface area (Å²) in [6.45, 7) is 3.89. The Kier molecular flexibility index (Phi) is 7.10. The molecule has 0 unspecified atom stereocenters. The number of nitrogens with zero attached hydrogens (tertiary/aromatic N) is 1. The summed E-state index contributed by atoms with van der Waals surface area (Å²) < 4.78 is 0. The largest absolute Gasteiger partial charge is 0.380 e.